The largest absolute Gasteiger partial charge is 0.309 e. The maximum atomic E-state index is 4.01. The number of hydrogen-bond donors (Lipinski definition) is 0. The molecule has 0 spiro atoms. The molecule has 0 unspecified atom stereocenters. The van der Waals surface area contributed by atoms with Crippen LogP contribution in [0.5, 0.6) is 0 Å². The Morgan fingerprint density at radius 1 is 0.725 bits per heavy atom. The Morgan fingerprint density at radius 3 is 2.10 bits per heavy atom. The molecule has 252 valence electrons. The highest BCUT2D eigenvalue weighted by Gasteiger charge is 2.26. The monoisotopic (exact) mass is 682 g/mol. The van der Waals surface area contributed by atoms with Crippen LogP contribution in [0.1, 0.15) is 51.8 Å². The molecule has 5 aromatic carbocycles. The molecule has 2 aromatic heterocycles. The van der Waals surface area contributed by atoms with E-state index in [1.165, 1.54) is 71.7 Å². The summed E-state index contributed by atoms with van der Waals surface area (Å²) in [5.41, 5.74) is 13.7. The molecule has 9 rings (SSSR count). The molecule has 7 aromatic rings. The van der Waals surface area contributed by atoms with Crippen molar-refractivity contribution in [2.75, 3.05) is 0 Å². The zero-order valence-electron chi connectivity index (χ0n) is 29.1. The SMILES string of the molecule is C=NC=NCc1ccccc1.C=NCc1ccccc1.Cc1cccc(-n2c3ccc4ccsc4c3c3c4c(c5c(c32)C=CCC5)CCC=C4)c1. The molecule has 0 bridgehead atoms. The summed E-state index contributed by atoms with van der Waals surface area (Å²) in [5.74, 6) is 0. The highest BCUT2D eigenvalue weighted by molar-refractivity contribution is 7.18. The van der Waals surface area contributed by atoms with Crippen LogP contribution in [0.2, 0.25) is 0 Å². The van der Waals surface area contributed by atoms with Crippen molar-refractivity contribution in [2.45, 2.75) is 45.7 Å². The first-order chi connectivity index (χ1) is 25.2. The van der Waals surface area contributed by atoms with Crippen LogP contribution in [-0.2, 0) is 25.9 Å². The zero-order valence-corrected chi connectivity index (χ0v) is 29.9. The van der Waals surface area contributed by atoms with Crippen molar-refractivity contribution in [3.63, 3.8) is 0 Å². The number of nitrogens with zero attached hydrogens (tertiary/aromatic N) is 4. The number of benzene rings is 5. The molecule has 51 heavy (non-hydrogen) atoms. The number of aryl methyl sites for hydroxylation is 1. The van der Waals surface area contributed by atoms with E-state index in [-0.39, 0.29) is 0 Å². The van der Waals surface area contributed by atoms with Crippen LogP contribution in [0.3, 0.4) is 0 Å². The molecule has 5 heteroatoms. The van der Waals surface area contributed by atoms with Gasteiger partial charge in [-0.05, 0) is 114 Å². The lowest BCUT2D eigenvalue weighted by Gasteiger charge is -2.23. The topological polar surface area (TPSA) is 42.0 Å². The van der Waals surface area contributed by atoms with Crippen molar-refractivity contribution in [3.05, 3.63) is 160 Å². The van der Waals surface area contributed by atoms with Crippen LogP contribution in [0.4, 0.5) is 0 Å². The van der Waals surface area contributed by atoms with Gasteiger partial charge in [0.2, 0.25) is 0 Å². The number of aromatic nitrogens is 1. The van der Waals surface area contributed by atoms with E-state index in [2.05, 4.69) is 112 Å². The highest BCUT2D eigenvalue weighted by Crippen LogP contribution is 2.46. The maximum Gasteiger partial charge on any atom is 0.109 e. The minimum atomic E-state index is 0.680. The third-order valence-electron chi connectivity index (χ3n) is 9.46. The fraction of sp³-hybridized carbons (Fsp3) is 0.152. The molecule has 0 radical (unpaired) electrons. The van der Waals surface area contributed by atoms with Gasteiger partial charge < -0.3 is 4.57 Å². The smallest absolute Gasteiger partial charge is 0.109 e. The Kier molecular flexibility index (Phi) is 10.6. The first kappa shape index (κ1) is 33.8. The van der Waals surface area contributed by atoms with Crippen molar-refractivity contribution in [1.29, 1.82) is 0 Å². The van der Waals surface area contributed by atoms with Gasteiger partial charge in [-0.25, -0.2) is 0 Å². The number of allylic oxidation sites excluding steroid dienone is 2. The summed E-state index contributed by atoms with van der Waals surface area (Å²) in [6, 6.07) is 35.9. The number of aliphatic imine (C=N–C) groups is 3. The molecule has 0 atom stereocenters. The summed E-state index contributed by atoms with van der Waals surface area (Å²) in [7, 11) is 0. The van der Waals surface area contributed by atoms with Gasteiger partial charge in [-0.15, -0.1) is 11.3 Å². The molecule has 2 aliphatic rings. The Hall–Kier alpha value is -5.65. The molecule has 2 aliphatic carbocycles. The van der Waals surface area contributed by atoms with Gasteiger partial charge in [0.25, 0.3) is 0 Å². The standard InChI is InChI=1S/C29H23NS.C9H10N2.C8H9N/c1-18-7-6-8-20(17-18)30-25-14-13-19-15-16-31-29(19)27(25)26-23-11-4-2-9-21(23)22-10-3-5-12-24(22)28(26)30;1-10-8-11-7-9-5-3-2-4-6-9;1-9-7-8-5-3-2-4-6-8/h4-8,11-17H,2-3,9-10H2,1H3;2-6,8H,1,7H2;2-6H,1,7H2. The second kappa shape index (κ2) is 15.9. The van der Waals surface area contributed by atoms with Crippen LogP contribution in [-0.4, -0.2) is 24.3 Å². The van der Waals surface area contributed by atoms with E-state index in [1.807, 2.05) is 72.0 Å². The van der Waals surface area contributed by atoms with Gasteiger partial charge in [0.05, 0.1) is 24.1 Å². The van der Waals surface area contributed by atoms with Crippen LogP contribution in [0, 0.1) is 6.92 Å². The van der Waals surface area contributed by atoms with E-state index in [1.54, 1.807) is 11.1 Å². The average molecular weight is 683 g/mol. The van der Waals surface area contributed by atoms with Crippen molar-refractivity contribution in [3.8, 4) is 5.69 Å². The molecule has 4 nitrogen and oxygen atoms in total. The van der Waals surface area contributed by atoms with Crippen LogP contribution in [0.25, 0.3) is 49.7 Å². The maximum absolute atomic E-state index is 4.01. The molecular weight excluding hydrogens is 641 g/mol. The van der Waals surface area contributed by atoms with Crippen molar-refractivity contribution >= 4 is 75.2 Å². The lowest BCUT2D eigenvalue weighted by molar-refractivity contribution is 0.909. The van der Waals surface area contributed by atoms with Crippen molar-refractivity contribution < 1.29 is 0 Å². The van der Waals surface area contributed by atoms with Gasteiger partial charge in [-0.3, -0.25) is 15.0 Å². The molecule has 2 heterocycles. The molecule has 0 fully saturated rings. The molecular formula is C46H42N4S. The summed E-state index contributed by atoms with van der Waals surface area (Å²) in [6.45, 7) is 10.3. The third-order valence-corrected chi connectivity index (χ3v) is 10.4. The van der Waals surface area contributed by atoms with Crippen molar-refractivity contribution in [2.24, 2.45) is 15.0 Å². The van der Waals surface area contributed by atoms with E-state index in [9.17, 15) is 0 Å². The Balaban J connectivity index is 0.000000167. The quantitative estimate of drug-likeness (QED) is 0.124. The van der Waals surface area contributed by atoms with E-state index in [4.69, 9.17) is 0 Å². The highest BCUT2D eigenvalue weighted by atomic mass is 32.1. The summed E-state index contributed by atoms with van der Waals surface area (Å²) < 4.78 is 3.95. The Labute approximate surface area is 304 Å². The second-order valence-corrected chi connectivity index (χ2v) is 13.8. The van der Waals surface area contributed by atoms with Gasteiger partial charge >= 0.3 is 0 Å². The Morgan fingerprint density at radius 2 is 1.41 bits per heavy atom. The van der Waals surface area contributed by atoms with Crippen LogP contribution < -0.4 is 0 Å². The number of rotatable bonds is 6. The summed E-state index contributed by atoms with van der Waals surface area (Å²) in [4.78, 5) is 11.3. The minimum absolute atomic E-state index is 0.680. The lowest BCUT2D eigenvalue weighted by Crippen LogP contribution is -2.08. The fourth-order valence-electron chi connectivity index (χ4n) is 7.26. The molecule has 0 aliphatic heterocycles. The number of hydrogen-bond acceptors (Lipinski definition) is 3. The normalized spacial score (nSPS) is 13.0. The first-order valence-corrected chi connectivity index (χ1v) is 18.4. The van der Waals surface area contributed by atoms with Crippen LogP contribution in [0.15, 0.2) is 136 Å². The number of fused-ring (bicyclic) bond motifs is 10. The van der Waals surface area contributed by atoms with E-state index >= 15 is 0 Å². The lowest BCUT2D eigenvalue weighted by atomic mass is 9.82. The summed E-state index contributed by atoms with van der Waals surface area (Å²) in [6.07, 6.45) is 15.6. The predicted molar refractivity (Wildman–Crippen MR) is 223 cm³/mol. The summed E-state index contributed by atoms with van der Waals surface area (Å²) in [5, 5.41) is 6.46. The van der Waals surface area contributed by atoms with E-state index in [0.717, 1.165) is 32.2 Å². The molecule has 0 N–H and O–H groups in total. The van der Waals surface area contributed by atoms with Crippen LogP contribution >= 0.6 is 11.3 Å². The average Bonchev–Trinajstić information content (AvgIpc) is 3.80. The molecule has 0 saturated carbocycles. The first-order valence-electron chi connectivity index (χ1n) is 17.5. The Bertz CT molecular complexity index is 2410. The zero-order chi connectivity index (χ0) is 35.0. The summed E-state index contributed by atoms with van der Waals surface area (Å²) >= 11 is 1.88. The second-order valence-electron chi connectivity index (χ2n) is 12.9. The fourth-order valence-corrected chi connectivity index (χ4v) is 8.21. The predicted octanol–water partition coefficient (Wildman–Crippen LogP) is 12.0. The molecule has 0 saturated heterocycles. The number of thiophene rings is 1. The minimum Gasteiger partial charge on any atom is -0.309 e. The third kappa shape index (κ3) is 7.17. The van der Waals surface area contributed by atoms with Gasteiger partial charge in [0, 0.05) is 26.7 Å². The van der Waals surface area contributed by atoms with Gasteiger partial charge in [-0.2, -0.15) is 0 Å². The molecule has 0 amide bonds. The van der Waals surface area contributed by atoms with Gasteiger partial charge in [-0.1, -0.05) is 103 Å². The van der Waals surface area contributed by atoms with E-state index in [0.29, 0.717) is 6.54 Å². The van der Waals surface area contributed by atoms with Gasteiger partial charge in [0.1, 0.15) is 6.34 Å². The van der Waals surface area contributed by atoms with E-state index < -0.39 is 0 Å². The van der Waals surface area contributed by atoms with Crippen molar-refractivity contribution in [1.82, 2.24) is 4.57 Å². The van der Waals surface area contributed by atoms with Gasteiger partial charge in [0.15, 0.2) is 0 Å².